The fraction of sp³-hybridized carbons (Fsp3) is 0.533. The lowest BCUT2D eigenvalue weighted by Crippen LogP contribution is -2.29. The molecule has 104 valence electrons. The first-order valence-electron chi connectivity index (χ1n) is 6.83. The van der Waals surface area contributed by atoms with Gasteiger partial charge in [0.15, 0.2) is 0 Å². The van der Waals surface area contributed by atoms with E-state index in [4.69, 9.17) is 4.74 Å². The highest BCUT2D eigenvalue weighted by Crippen LogP contribution is 2.13. The number of anilines is 1. The summed E-state index contributed by atoms with van der Waals surface area (Å²) >= 11 is 0. The SMILES string of the molecule is Cc1cc(C)cc(NC(=O)COC[C@@H]2CCCN2)c1. The van der Waals surface area contributed by atoms with E-state index >= 15 is 0 Å². The summed E-state index contributed by atoms with van der Waals surface area (Å²) in [6.45, 7) is 5.82. The summed E-state index contributed by atoms with van der Waals surface area (Å²) in [5.74, 6) is -0.0944. The Morgan fingerprint density at radius 1 is 1.37 bits per heavy atom. The fourth-order valence-electron chi connectivity index (χ4n) is 2.44. The van der Waals surface area contributed by atoms with Crippen LogP contribution in [-0.4, -0.2) is 31.7 Å². The number of ether oxygens (including phenoxy) is 1. The molecule has 4 nitrogen and oxygen atoms in total. The molecule has 1 aromatic rings. The van der Waals surface area contributed by atoms with Crippen molar-refractivity contribution < 1.29 is 9.53 Å². The Kier molecular flexibility index (Phi) is 4.93. The second-order valence-corrected chi connectivity index (χ2v) is 5.23. The molecule has 0 saturated carbocycles. The molecule has 0 aliphatic carbocycles. The minimum atomic E-state index is -0.0944. The number of nitrogens with one attached hydrogen (secondary N) is 2. The zero-order chi connectivity index (χ0) is 13.7. The third-order valence-electron chi connectivity index (χ3n) is 3.22. The van der Waals surface area contributed by atoms with E-state index in [9.17, 15) is 4.79 Å². The molecule has 1 amide bonds. The van der Waals surface area contributed by atoms with Crippen LogP contribution in [0.4, 0.5) is 5.69 Å². The molecule has 1 heterocycles. The van der Waals surface area contributed by atoms with Crippen molar-refractivity contribution in [3.63, 3.8) is 0 Å². The zero-order valence-electron chi connectivity index (χ0n) is 11.7. The molecule has 0 radical (unpaired) electrons. The van der Waals surface area contributed by atoms with E-state index < -0.39 is 0 Å². The molecular weight excluding hydrogens is 240 g/mol. The monoisotopic (exact) mass is 262 g/mol. The Labute approximate surface area is 114 Å². The van der Waals surface area contributed by atoms with Gasteiger partial charge in [0.1, 0.15) is 6.61 Å². The predicted octanol–water partition coefficient (Wildman–Crippen LogP) is 2.01. The lowest BCUT2D eigenvalue weighted by atomic mass is 10.1. The summed E-state index contributed by atoms with van der Waals surface area (Å²) in [5, 5.41) is 6.20. The summed E-state index contributed by atoms with van der Waals surface area (Å²) < 4.78 is 5.44. The van der Waals surface area contributed by atoms with Gasteiger partial charge in [0.2, 0.25) is 5.91 Å². The molecule has 0 aromatic heterocycles. The normalized spacial score (nSPS) is 18.5. The second kappa shape index (κ2) is 6.68. The van der Waals surface area contributed by atoms with Crippen molar-refractivity contribution in [3.8, 4) is 0 Å². The molecule has 0 spiro atoms. The molecule has 2 N–H and O–H groups in total. The van der Waals surface area contributed by atoms with Crippen molar-refractivity contribution >= 4 is 11.6 Å². The predicted molar refractivity (Wildman–Crippen MR) is 76.4 cm³/mol. The van der Waals surface area contributed by atoms with E-state index in [0.717, 1.165) is 29.8 Å². The lowest BCUT2D eigenvalue weighted by molar-refractivity contribution is -0.120. The maximum absolute atomic E-state index is 11.8. The highest BCUT2D eigenvalue weighted by molar-refractivity contribution is 5.91. The lowest BCUT2D eigenvalue weighted by Gasteiger charge is -2.11. The Balaban J connectivity index is 1.74. The van der Waals surface area contributed by atoms with Gasteiger partial charge in [-0.15, -0.1) is 0 Å². The molecule has 0 unspecified atom stereocenters. The quantitative estimate of drug-likeness (QED) is 0.853. The number of hydrogen-bond donors (Lipinski definition) is 2. The van der Waals surface area contributed by atoms with Crippen LogP contribution < -0.4 is 10.6 Å². The average molecular weight is 262 g/mol. The molecule has 1 fully saturated rings. The number of benzene rings is 1. The van der Waals surface area contributed by atoms with Gasteiger partial charge < -0.3 is 15.4 Å². The highest BCUT2D eigenvalue weighted by Gasteiger charge is 2.14. The Morgan fingerprint density at radius 2 is 2.11 bits per heavy atom. The molecule has 0 bridgehead atoms. The Morgan fingerprint density at radius 3 is 2.74 bits per heavy atom. The number of carbonyl (C=O) groups is 1. The van der Waals surface area contributed by atoms with E-state index in [2.05, 4.69) is 16.7 Å². The van der Waals surface area contributed by atoms with Gasteiger partial charge in [-0.3, -0.25) is 4.79 Å². The summed E-state index contributed by atoms with van der Waals surface area (Å²) in [6, 6.07) is 6.42. The first kappa shape index (κ1) is 14.0. The largest absolute Gasteiger partial charge is 0.370 e. The minimum absolute atomic E-state index is 0.0944. The molecule has 1 aliphatic heterocycles. The van der Waals surface area contributed by atoms with E-state index in [-0.39, 0.29) is 12.5 Å². The van der Waals surface area contributed by atoms with Crippen LogP contribution in [0.2, 0.25) is 0 Å². The van der Waals surface area contributed by atoms with Gasteiger partial charge >= 0.3 is 0 Å². The van der Waals surface area contributed by atoms with Gasteiger partial charge in [0.25, 0.3) is 0 Å². The van der Waals surface area contributed by atoms with Crippen LogP contribution in [0.3, 0.4) is 0 Å². The van der Waals surface area contributed by atoms with Gasteiger partial charge in [-0.2, -0.15) is 0 Å². The fourth-order valence-corrected chi connectivity index (χ4v) is 2.44. The zero-order valence-corrected chi connectivity index (χ0v) is 11.7. The average Bonchev–Trinajstić information content (AvgIpc) is 2.80. The van der Waals surface area contributed by atoms with Crippen LogP contribution >= 0.6 is 0 Å². The van der Waals surface area contributed by atoms with Crippen molar-refractivity contribution in [2.24, 2.45) is 0 Å². The third-order valence-corrected chi connectivity index (χ3v) is 3.22. The van der Waals surface area contributed by atoms with Crippen molar-refractivity contribution in [2.75, 3.05) is 25.1 Å². The number of aryl methyl sites for hydroxylation is 2. The third kappa shape index (κ3) is 4.65. The summed E-state index contributed by atoms with van der Waals surface area (Å²) in [5.41, 5.74) is 3.13. The smallest absolute Gasteiger partial charge is 0.250 e. The van der Waals surface area contributed by atoms with Crippen LogP contribution in [0.5, 0.6) is 0 Å². The Bertz CT molecular complexity index is 420. The first-order valence-corrected chi connectivity index (χ1v) is 6.83. The number of hydrogen-bond acceptors (Lipinski definition) is 3. The molecular formula is C15H22N2O2. The molecule has 19 heavy (non-hydrogen) atoms. The topological polar surface area (TPSA) is 50.4 Å². The molecule has 1 aromatic carbocycles. The van der Waals surface area contributed by atoms with Gasteiger partial charge in [0, 0.05) is 11.7 Å². The highest BCUT2D eigenvalue weighted by atomic mass is 16.5. The van der Waals surface area contributed by atoms with Crippen LogP contribution in [0.15, 0.2) is 18.2 Å². The van der Waals surface area contributed by atoms with E-state index in [1.165, 1.54) is 6.42 Å². The van der Waals surface area contributed by atoms with Gasteiger partial charge in [-0.05, 0) is 56.5 Å². The van der Waals surface area contributed by atoms with Crippen molar-refractivity contribution in [2.45, 2.75) is 32.7 Å². The standard InChI is InChI=1S/C15H22N2O2/c1-11-6-12(2)8-14(7-11)17-15(18)10-19-9-13-4-3-5-16-13/h6-8,13,16H,3-5,9-10H2,1-2H3,(H,17,18)/t13-/m0/s1. The van der Waals surface area contributed by atoms with E-state index in [1.807, 2.05) is 26.0 Å². The summed E-state index contributed by atoms with van der Waals surface area (Å²) in [6.07, 6.45) is 2.33. The number of carbonyl (C=O) groups excluding carboxylic acids is 1. The van der Waals surface area contributed by atoms with Gasteiger partial charge in [-0.1, -0.05) is 6.07 Å². The van der Waals surface area contributed by atoms with Crippen molar-refractivity contribution in [3.05, 3.63) is 29.3 Å². The van der Waals surface area contributed by atoms with Crippen molar-refractivity contribution in [1.29, 1.82) is 0 Å². The van der Waals surface area contributed by atoms with Crippen LogP contribution in [0, 0.1) is 13.8 Å². The molecule has 1 saturated heterocycles. The van der Waals surface area contributed by atoms with Gasteiger partial charge in [-0.25, -0.2) is 0 Å². The molecule has 4 heteroatoms. The maximum Gasteiger partial charge on any atom is 0.250 e. The van der Waals surface area contributed by atoms with E-state index in [0.29, 0.717) is 12.6 Å². The van der Waals surface area contributed by atoms with Crippen LogP contribution in [0.1, 0.15) is 24.0 Å². The first-order chi connectivity index (χ1) is 9.13. The minimum Gasteiger partial charge on any atom is -0.370 e. The summed E-state index contributed by atoms with van der Waals surface area (Å²) in [7, 11) is 0. The number of rotatable bonds is 5. The van der Waals surface area contributed by atoms with Crippen LogP contribution in [-0.2, 0) is 9.53 Å². The maximum atomic E-state index is 11.8. The van der Waals surface area contributed by atoms with E-state index in [1.54, 1.807) is 0 Å². The molecule has 1 aliphatic rings. The van der Waals surface area contributed by atoms with Crippen molar-refractivity contribution in [1.82, 2.24) is 5.32 Å². The Hall–Kier alpha value is -1.39. The molecule has 2 rings (SSSR count). The molecule has 1 atom stereocenters. The second-order valence-electron chi connectivity index (χ2n) is 5.23. The number of amides is 1. The van der Waals surface area contributed by atoms with Crippen LogP contribution in [0.25, 0.3) is 0 Å². The van der Waals surface area contributed by atoms with Gasteiger partial charge in [0.05, 0.1) is 6.61 Å². The summed E-state index contributed by atoms with van der Waals surface area (Å²) in [4.78, 5) is 11.8.